The van der Waals surface area contributed by atoms with Crippen molar-refractivity contribution in [3.05, 3.63) is 36.2 Å². The number of carbonyl (C=O) groups is 1. The predicted octanol–water partition coefficient (Wildman–Crippen LogP) is 2.35. The van der Waals surface area contributed by atoms with Gasteiger partial charge < -0.3 is 9.80 Å². The van der Waals surface area contributed by atoms with Gasteiger partial charge in [0.25, 0.3) is 0 Å². The van der Waals surface area contributed by atoms with Crippen molar-refractivity contribution in [1.29, 1.82) is 0 Å². The number of urea groups is 1. The zero-order valence-electron chi connectivity index (χ0n) is 14.3. The molecule has 1 aliphatic heterocycles. The standard InChI is InChI=1S/C17H24N6O/c1-3-23-13-18-16(20-23)19-17(24)22-10-6-9-21(11-12-22)15-8-5-4-7-14(15)2/h4-5,7-8,13H,3,6,9-12H2,1-2H3,(H,19,20,24). The second kappa shape index (κ2) is 7.33. The van der Waals surface area contributed by atoms with E-state index in [2.05, 4.69) is 51.5 Å². The van der Waals surface area contributed by atoms with Crippen molar-refractivity contribution in [3.63, 3.8) is 0 Å². The average Bonchev–Trinajstić information content (AvgIpc) is 2.89. The molecule has 0 atom stereocenters. The van der Waals surface area contributed by atoms with Crippen molar-refractivity contribution in [3.8, 4) is 0 Å². The first-order chi connectivity index (χ1) is 11.7. The maximum atomic E-state index is 12.4. The van der Waals surface area contributed by atoms with Gasteiger partial charge in [0.2, 0.25) is 5.95 Å². The van der Waals surface area contributed by atoms with E-state index in [0.717, 1.165) is 32.6 Å². The molecule has 1 aromatic carbocycles. The van der Waals surface area contributed by atoms with Crippen LogP contribution in [0.2, 0.25) is 0 Å². The van der Waals surface area contributed by atoms with Crippen LogP contribution >= 0.6 is 0 Å². The zero-order chi connectivity index (χ0) is 16.9. The van der Waals surface area contributed by atoms with Gasteiger partial charge in [-0.1, -0.05) is 18.2 Å². The molecule has 1 saturated heterocycles. The monoisotopic (exact) mass is 328 g/mol. The van der Waals surface area contributed by atoms with Gasteiger partial charge in [0.05, 0.1) is 0 Å². The number of anilines is 2. The molecule has 128 valence electrons. The van der Waals surface area contributed by atoms with Crippen LogP contribution in [0.3, 0.4) is 0 Å². The Balaban J connectivity index is 1.60. The molecule has 7 nitrogen and oxygen atoms in total. The van der Waals surface area contributed by atoms with Gasteiger partial charge in [-0.2, -0.15) is 0 Å². The number of hydrogen-bond donors (Lipinski definition) is 1. The SMILES string of the molecule is CCn1cnc(NC(=O)N2CCCN(c3ccccc3C)CC2)n1. The molecule has 0 spiro atoms. The fourth-order valence-corrected chi connectivity index (χ4v) is 2.96. The maximum Gasteiger partial charge on any atom is 0.324 e. The Hall–Kier alpha value is -2.57. The molecule has 2 heterocycles. The summed E-state index contributed by atoms with van der Waals surface area (Å²) in [4.78, 5) is 20.7. The summed E-state index contributed by atoms with van der Waals surface area (Å²) < 4.78 is 1.69. The van der Waals surface area contributed by atoms with Gasteiger partial charge in [-0.3, -0.25) is 10.00 Å². The number of amides is 2. The van der Waals surface area contributed by atoms with E-state index in [1.165, 1.54) is 11.3 Å². The first-order valence-corrected chi connectivity index (χ1v) is 8.43. The highest BCUT2D eigenvalue weighted by atomic mass is 16.2. The highest BCUT2D eigenvalue weighted by Crippen LogP contribution is 2.21. The van der Waals surface area contributed by atoms with E-state index in [9.17, 15) is 4.79 Å². The summed E-state index contributed by atoms with van der Waals surface area (Å²) in [5.41, 5.74) is 2.52. The van der Waals surface area contributed by atoms with E-state index in [-0.39, 0.29) is 6.03 Å². The minimum atomic E-state index is -0.129. The van der Waals surface area contributed by atoms with Gasteiger partial charge in [-0.15, -0.1) is 5.10 Å². The third-order valence-corrected chi connectivity index (χ3v) is 4.32. The van der Waals surface area contributed by atoms with Gasteiger partial charge in [0.15, 0.2) is 0 Å². The second-order valence-electron chi connectivity index (χ2n) is 5.97. The van der Waals surface area contributed by atoms with Gasteiger partial charge >= 0.3 is 6.03 Å². The molecular weight excluding hydrogens is 304 g/mol. The van der Waals surface area contributed by atoms with Gasteiger partial charge in [0, 0.05) is 38.4 Å². The van der Waals surface area contributed by atoms with E-state index in [1.807, 2.05) is 11.8 Å². The molecule has 0 saturated carbocycles. The third-order valence-electron chi connectivity index (χ3n) is 4.32. The Bertz CT molecular complexity index is 698. The van der Waals surface area contributed by atoms with E-state index >= 15 is 0 Å². The van der Waals surface area contributed by atoms with Crippen LogP contribution in [0, 0.1) is 6.92 Å². The Labute approximate surface area is 142 Å². The maximum absolute atomic E-state index is 12.4. The summed E-state index contributed by atoms with van der Waals surface area (Å²) in [6.45, 7) is 8.05. The molecule has 0 radical (unpaired) electrons. The number of hydrogen-bond acceptors (Lipinski definition) is 4. The Morgan fingerprint density at radius 3 is 2.79 bits per heavy atom. The number of aryl methyl sites for hydroxylation is 2. The highest BCUT2D eigenvalue weighted by Gasteiger charge is 2.20. The van der Waals surface area contributed by atoms with E-state index in [0.29, 0.717) is 12.5 Å². The van der Waals surface area contributed by atoms with Gasteiger partial charge in [0.1, 0.15) is 6.33 Å². The molecule has 0 bridgehead atoms. The first kappa shape index (κ1) is 16.3. The van der Waals surface area contributed by atoms with E-state index in [4.69, 9.17) is 0 Å². The lowest BCUT2D eigenvalue weighted by Gasteiger charge is -2.25. The van der Waals surface area contributed by atoms with Crippen LogP contribution in [0.5, 0.6) is 0 Å². The number of nitrogens with zero attached hydrogens (tertiary/aromatic N) is 5. The van der Waals surface area contributed by atoms with Crippen molar-refractivity contribution in [2.24, 2.45) is 0 Å². The quantitative estimate of drug-likeness (QED) is 0.939. The number of para-hydroxylation sites is 1. The molecule has 2 amide bonds. The molecule has 0 aliphatic carbocycles. The topological polar surface area (TPSA) is 66.3 Å². The molecule has 1 fully saturated rings. The van der Waals surface area contributed by atoms with Gasteiger partial charge in [-0.25, -0.2) is 9.78 Å². The largest absolute Gasteiger partial charge is 0.369 e. The van der Waals surface area contributed by atoms with Crippen LogP contribution in [0.4, 0.5) is 16.4 Å². The molecule has 1 N–H and O–H groups in total. The first-order valence-electron chi connectivity index (χ1n) is 8.43. The highest BCUT2D eigenvalue weighted by molar-refractivity contribution is 5.87. The molecule has 1 aromatic heterocycles. The molecule has 0 unspecified atom stereocenters. The summed E-state index contributed by atoms with van der Waals surface area (Å²) in [6.07, 6.45) is 2.57. The van der Waals surface area contributed by atoms with Crippen molar-refractivity contribution >= 4 is 17.7 Å². The zero-order valence-corrected chi connectivity index (χ0v) is 14.3. The number of rotatable bonds is 3. The lowest BCUT2D eigenvalue weighted by Crippen LogP contribution is -2.38. The summed E-state index contributed by atoms with van der Waals surface area (Å²) in [6, 6.07) is 8.26. The van der Waals surface area contributed by atoms with Crippen LogP contribution in [-0.2, 0) is 6.54 Å². The van der Waals surface area contributed by atoms with Crippen molar-refractivity contribution in [1.82, 2.24) is 19.7 Å². The normalized spacial score (nSPS) is 15.2. The molecule has 3 rings (SSSR count). The summed E-state index contributed by atoms with van der Waals surface area (Å²) in [5, 5.41) is 6.98. The Kier molecular flexibility index (Phi) is 4.98. The second-order valence-corrected chi connectivity index (χ2v) is 5.97. The molecule has 1 aliphatic rings. The Morgan fingerprint density at radius 2 is 2.04 bits per heavy atom. The van der Waals surface area contributed by atoms with Crippen LogP contribution < -0.4 is 10.2 Å². The van der Waals surface area contributed by atoms with Crippen molar-refractivity contribution < 1.29 is 4.79 Å². The third kappa shape index (κ3) is 3.67. The van der Waals surface area contributed by atoms with E-state index in [1.54, 1.807) is 11.0 Å². The van der Waals surface area contributed by atoms with Crippen LogP contribution in [-0.4, -0.2) is 51.9 Å². The lowest BCUT2D eigenvalue weighted by molar-refractivity contribution is 0.215. The number of nitrogens with one attached hydrogen (secondary N) is 1. The van der Waals surface area contributed by atoms with E-state index < -0.39 is 0 Å². The summed E-state index contributed by atoms with van der Waals surface area (Å²) in [5.74, 6) is 0.363. The minimum Gasteiger partial charge on any atom is -0.369 e. The number of carbonyl (C=O) groups excluding carboxylic acids is 1. The average molecular weight is 328 g/mol. The molecule has 2 aromatic rings. The van der Waals surface area contributed by atoms with Crippen LogP contribution in [0.15, 0.2) is 30.6 Å². The lowest BCUT2D eigenvalue weighted by atomic mass is 10.2. The predicted molar refractivity (Wildman–Crippen MR) is 94.3 cm³/mol. The van der Waals surface area contributed by atoms with Crippen molar-refractivity contribution in [2.45, 2.75) is 26.8 Å². The number of benzene rings is 1. The van der Waals surface area contributed by atoms with Crippen LogP contribution in [0.25, 0.3) is 0 Å². The minimum absolute atomic E-state index is 0.129. The fourth-order valence-electron chi connectivity index (χ4n) is 2.96. The van der Waals surface area contributed by atoms with Crippen molar-refractivity contribution in [2.75, 3.05) is 36.4 Å². The summed E-state index contributed by atoms with van der Waals surface area (Å²) in [7, 11) is 0. The molecule has 7 heteroatoms. The molecule has 24 heavy (non-hydrogen) atoms. The fraction of sp³-hybridized carbons (Fsp3) is 0.471. The smallest absolute Gasteiger partial charge is 0.324 e. The summed E-state index contributed by atoms with van der Waals surface area (Å²) >= 11 is 0. The van der Waals surface area contributed by atoms with Crippen LogP contribution in [0.1, 0.15) is 18.9 Å². The molecular formula is C17H24N6O. The van der Waals surface area contributed by atoms with Gasteiger partial charge in [-0.05, 0) is 31.9 Å². The number of aromatic nitrogens is 3. The Morgan fingerprint density at radius 1 is 1.21 bits per heavy atom.